The highest BCUT2D eigenvalue weighted by Crippen LogP contribution is 2.22. The highest BCUT2D eigenvalue weighted by molar-refractivity contribution is 8.00. The lowest BCUT2D eigenvalue weighted by molar-refractivity contribution is -0.115. The van der Waals surface area contributed by atoms with Gasteiger partial charge in [0.25, 0.3) is 0 Å². The second kappa shape index (κ2) is 8.84. The largest absolute Gasteiger partial charge is 0.462 e. The fraction of sp³-hybridized carbons (Fsp3) is 0.176. The number of hydrogen-bond donors (Lipinski definition) is 1. The van der Waals surface area contributed by atoms with Crippen LogP contribution < -0.4 is 10.5 Å². The number of esters is 2. The molecule has 0 aliphatic heterocycles. The zero-order valence-corrected chi connectivity index (χ0v) is 14.2. The van der Waals surface area contributed by atoms with Crippen molar-refractivity contribution in [2.75, 3.05) is 12.4 Å². The minimum Gasteiger partial charge on any atom is -0.462 e. The summed E-state index contributed by atoms with van der Waals surface area (Å²) < 4.78 is 10.2. The second-order valence-corrected chi connectivity index (χ2v) is 5.71. The van der Waals surface area contributed by atoms with Crippen molar-refractivity contribution in [3.05, 3.63) is 53.7 Å². The average Bonchev–Trinajstić information content (AvgIpc) is 2.61. The molecule has 0 unspecified atom stereocenters. The molecule has 0 saturated carbocycles. The van der Waals surface area contributed by atoms with Crippen molar-refractivity contribution in [1.82, 2.24) is 4.98 Å². The number of pyridine rings is 1. The van der Waals surface area contributed by atoms with Crippen LogP contribution in [0.1, 0.15) is 27.6 Å². The second-order valence-electron chi connectivity index (χ2n) is 4.75. The van der Waals surface area contributed by atoms with Crippen molar-refractivity contribution < 1.29 is 23.9 Å². The van der Waals surface area contributed by atoms with Crippen LogP contribution in [-0.4, -0.2) is 35.2 Å². The Morgan fingerprint density at radius 1 is 1.12 bits per heavy atom. The Hall–Kier alpha value is -2.87. The minimum absolute atomic E-state index is 0.00549. The van der Waals surface area contributed by atoms with Gasteiger partial charge < -0.3 is 15.2 Å². The molecular weight excluding hydrogens is 344 g/mol. The van der Waals surface area contributed by atoms with Crippen LogP contribution in [0.5, 0.6) is 5.75 Å². The first-order valence-corrected chi connectivity index (χ1v) is 8.35. The van der Waals surface area contributed by atoms with E-state index in [4.69, 9.17) is 15.2 Å². The van der Waals surface area contributed by atoms with Crippen LogP contribution in [-0.2, 0) is 9.53 Å². The molecule has 0 fully saturated rings. The van der Waals surface area contributed by atoms with Crippen molar-refractivity contribution in [2.45, 2.75) is 11.9 Å². The number of nitrogens with two attached hydrogens (primary N) is 1. The Morgan fingerprint density at radius 3 is 2.48 bits per heavy atom. The molecule has 25 heavy (non-hydrogen) atoms. The Balaban J connectivity index is 2.09. The Morgan fingerprint density at radius 2 is 1.84 bits per heavy atom. The molecule has 0 radical (unpaired) electrons. The number of benzene rings is 1. The lowest BCUT2D eigenvalue weighted by Crippen LogP contribution is -2.15. The lowest BCUT2D eigenvalue weighted by Gasteiger charge is -2.08. The fourth-order valence-electron chi connectivity index (χ4n) is 1.84. The minimum atomic E-state index is -0.621. The van der Waals surface area contributed by atoms with Gasteiger partial charge in [-0.1, -0.05) is 11.8 Å². The summed E-state index contributed by atoms with van der Waals surface area (Å²) in [6.45, 7) is 2.00. The standard InChI is InChI=1S/C17H16N2O5S/c1-2-23-16(21)11-5-7-12(8-6-11)24-17(22)13-4-3-9-19-15(13)25-10-14(18)20/h3-9H,2,10H2,1H3,(H2,18,20). The molecule has 0 aliphatic rings. The van der Waals surface area contributed by atoms with Gasteiger partial charge in [-0.05, 0) is 43.3 Å². The van der Waals surface area contributed by atoms with Gasteiger partial charge in [-0.25, -0.2) is 14.6 Å². The van der Waals surface area contributed by atoms with Crippen molar-refractivity contribution in [2.24, 2.45) is 5.73 Å². The maximum atomic E-state index is 12.3. The van der Waals surface area contributed by atoms with E-state index < -0.39 is 17.8 Å². The number of primary amides is 1. The first-order valence-electron chi connectivity index (χ1n) is 7.36. The van der Waals surface area contributed by atoms with Crippen molar-refractivity contribution in [1.29, 1.82) is 0 Å². The summed E-state index contributed by atoms with van der Waals surface area (Å²) in [6, 6.07) is 9.15. The van der Waals surface area contributed by atoms with Crippen LogP contribution in [0.3, 0.4) is 0 Å². The third-order valence-corrected chi connectivity index (χ3v) is 3.95. The third kappa shape index (κ3) is 5.32. The number of thioether (sulfide) groups is 1. The van der Waals surface area contributed by atoms with Crippen LogP contribution in [0.15, 0.2) is 47.6 Å². The number of carbonyl (C=O) groups excluding carboxylic acids is 3. The number of carbonyl (C=O) groups is 3. The van der Waals surface area contributed by atoms with E-state index in [1.807, 2.05) is 0 Å². The van der Waals surface area contributed by atoms with Gasteiger partial charge in [-0.15, -0.1) is 0 Å². The molecule has 0 atom stereocenters. The molecule has 130 valence electrons. The summed E-state index contributed by atoms with van der Waals surface area (Å²) in [7, 11) is 0. The van der Waals surface area contributed by atoms with E-state index in [1.165, 1.54) is 30.5 Å². The molecule has 2 aromatic rings. The van der Waals surface area contributed by atoms with Gasteiger partial charge in [0.05, 0.1) is 23.5 Å². The van der Waals surface area contributed by atoms with Crippen molar-refractivity contribution >= 4 is 29.6 Å². The number of hydrogen-bond acceptors (Lipinski definition) is 7. The first kappa shape index (κ1) is 18.5. The summed E-state index contributed by atoms with van der Waals surface area (Å²) in [5.41, 5.74) is 5.70. The molecule has 0 aliphatic carbocycles. The summed E-state index contributed by atoms with van der Waals surface area (Å²) in [5.74, 6) is -1.30. The van der Waals surface area contributed by atoms with Crippen LogP contribution in [0.4, 0.5) is 0 Å². The van der Waals surface area contributed by atoms with Crippen LogP contribution in [0.25, 0.3) is 0 Å². The van der Waals surface area contributed by atoms with E-state index in [-0.39, 0.29) is 23.7 Å². The highest BCUT2D eigenvalue weighted by Gasteiger charge is 2.16. The number of rotatable bonds is 7. The summed E-state index contributed by atoms with van der Waals surface area (Å²) >= 11 is 1.06. The maximum absolute atomic E-state index is 12.3. The maximum Gasteiger partial charge on any atom is 0.346 e. The van der Waals surface area contributed by atoms with E-state index in [0.717, 1.165) is 11.8 Å². The molecule has 1 heterocycles. The SMILES string of the molecule is CCOC(=O)c1ccc(OC(=O)c2cccnc2SCC(N)=O)cc1. The average molecular weight is 360 g/mol. The topological polar surface area (TPSA) is 109 Å². The van der Waals surface area contributed by atoms with Gasteiger partial charge in [-0.2, -0.15) is 0 Å². The first-order chi connectivity index (χ1) is 12.0. The molecule has 2 rings (SSSR count). The molecule has 7 nitrogen and oxygen atoms in total. The number of amides is 1. The summed E-state index contributed by atoms with van der Waals surface area (Å²) in [5, 5.41) is 0.356. The van der Waals surface area contributed by atoms with Crippen molar-refractivity contribution in [3.63, 3.8) is 0 Å². The molecule has 1 aromatic carbocycles. The number of aromatic nitrogens is 1. The zero-order valence-electron chi connectivity index (χ0n) is 13.4. The fourth-order valence-corrected chi connectivity index (χ4v) is 2.56. The highest BCUT2D eigenvalue weighted by atomic mass is 32.2. The van der Waals surface area contributed by atoms with Gasteiger partial charge in [0.15, 0.2) is 0 Å². The normalized spacial score (nSPS) is 10.1. The third-order valence-electron chi connectivity index (χ3n) is 2.92. The van der Waals surface area contributed by atoms with Gasteiger partial charge >= 0.3 is 11.9 Å². The molecule has 0 spiro atoms. The quantitative estimate of drug-likeness (QED) is 0.457. The molecule has 1 amide bonds. The van der Waals surface area contributed by atoms with Crippen LogP contribution >= 0.6 is 11.8 Å². The number of nitrogens with zero attached hydrogens (tertiary/aromatic N) is 1. The molecule has 8 heteroatoms. The molecular formula is C17H16N2O5S. The predicted octanol–water partition coefficient (Wildman–Crippen LogP) is 2.05. The molecule has 1 aromatic heterocycles. The Kier molecular flexibility index (Phi) is 6.53. The van der Waals surface area contributed by atoms with Gasteiger partial charge in [-0.3, -0.25) is 4.79 Å². The zero-order chi connectivity index (χ0) is 18.2. The lowest BCUT2D eigenvalue weighted by atomic mass is 10.2. The van der Waals surface area contributed by atoms with E-state index >= 15 is 0 Å². The molecule has 0 saturated heterocycles. The van der Waals surface area contributed by atoms with E-state index in [9.17, 15) is 14.4 Å². The summed E-state index contributed by atoms with van der Waals surface area (Å²) in [4.78, 5) is 38.9. The van der Waals surface area contributed by atoms with E-state index in [2.05, 4.69) is 4.98 Å². The van der Waals surface area contributed by atoms with Crippen molar-refractivity contribution in [3.8, 4) is 5.75 Å². The predicted molar refractivity (Wildman–Crippen MR) is 91.5 cm³/mol. The van der Waals surface area contributed by atoms with Crippen LogP contribution in [0, 0.1) is 0 Å². The smallest absolute Gasteiger partial charge is 0.346 e. The molecule has 0 bridgehead atoms. The molecule has 2 N–H and O–H groups in total. The van der Waals surface area contributed by atoms with E-state index in [0.29, 0.717) is 10.6 Å². The van der Waals surface area contributed by atoms with E-state index in [1.54, 1.807) is 19.1 Å². The Labute approximate surface area is 148 Å². The summed E-state index contributed by atoms with van der Waals surface area (Å²) in [6.07, 6.45) is 1.51. The van der Waals surface area contributed by atoms with Crippen LogP contribution in [0.2, 0.25) is 0 Å². The van der Waals surface area contributed by atoms with Gasteiger partial charge in [0, 0.05) is 6.20 Å². The number of ether oxygens (including phenoxy) is 2. The van der Waals surface area contributed by atoms with Gasteiger partial charge in [0.2, 0.25) is 5.91 Å². The monoisotopic (exact) mass is 360 g/mol. The Bertz CT molecular complexity index is 777. The van der Waals surface area contributed by atoms with Gasteiger partial charge in [0.1, 0.15) is 10.8 Å².